The molecular formula is C9H7BrN2. The number of hydrogen-bond donors (Lipinski definition) is 0. The first-order valence-electron chi connectivity index (χ1n) is 4.88. The van der Waals surface area contributed by atoms with Crippen LogP contribution in [-0.4, -0.2) is 9.78 Å². The maximum absolute atomic E-state index is 7.60. The molecule has 1 aromatic heterocycles. The molecule has 0 saturated carbocycles. The average Bonchev–Trinajstić information content (AvgIpc) is 2.46. The first kappa shape index (κ1) is 4.82. The van der Waals surface area contributed by atoms with Crippen LogP contribution in [0, 0.1) is 0 Å². The van der Waals surface area contributed by atoms with Crippen LogP contribution in [0.2, 0.25) is 0 Å². The van der Waals surface area contributed by atoms with Crippen molar-refractivity contribution in [2.45, 2.75) is 0 Å². The van der Waals surface area contributed by atoms with Crippen molar-refractivity contribution in [3.8, 4) is 5.69 Å². The van der Waals surface area contributed by atoms with Crippen LogP contribution in [-0.2, 0) is 0 Å². The Labute approximate surface area is 83.2 Å². The van der Waals surface area contributed by atoms with E-state index >= 15 is 0 Å². The van der Waals surface area contributed by atoms with Crippen molar-refractivity contribution in [3.05, 3.63) is 47.1 Å². The Balaban J connectivity index is 2.59. The van der Waals surface area contributed by atoms with Crippen LogP contribution >= 0.6 is 15.9 Å². The fourth-order valence-corrected chi connectivity index (χ4v) is 1.30. The predicted molar refractivity (Wildman–Crippen MR) is 51.3 cm³/mol. The minimum Gasteiger partial charge on any atom is -0.241 e. The zero-order chi connectivity index (χ0) is 11.0. The highest BCUT2D eigenvalue weighted by atomic mass is 79.9. The second kappa shape index (κ2) is 3.11. The van der Waals surface area contributed by atoms with Gasteiger partial charge >= 0.3 is 0 Å². The van der Waals surface area contributed by atoms with E-state index in [1.165, 1.54) is 4.68 Å². The molecule has 0 bridgehead atoms. The van der Waals surface area contributed by atoms with Crippen LogP contribution in [0.25, 0.3) is 5.69 Å². The molecule has 60 valence electrons. The summed E-state index contributed by atoms with van der Waals surface area (Å²) in [5, 5.41) is 3.81. The lowest BCUT2D eigenvalue weighted by atomic mass is 10.3. The van der Waals surface area contributed by atoms with Crippen molar-refractivity contribution >= 4 is 15.9 Å². The molecule has 1 heterocycles. The molecule has 0 amide bonds. The normalized spacial score (nSPS) is 13.6. The summed E-state index contributed by atoms with van der Waals surface area (Å²) < 4.78 is 24.5. The molecule has 3 heteroatoms. The number of benzene rings is 1. The van der Waals surface area contributed by atoms with Gasteiger partial charge in [-0.1, -0.05) is 22.0 Å². The fourth-order valence-electron chi connectivity index (χ4n) is 0.908. The molecule has 0 saturated heterocycles. The zero-order valence-corrected chi connectivity index (χ0v) is 7.67. The first-order valence-corrected chi connectivity index (χ1v) is 4.17. The van der Waals surface area contributed by atoms with Crippen LogP contribution in [0.5, 0.6) is 0 Å². The molecule has 1 aromatic carbocycles. The first-order chi connectivity index (χ1) is 7.09. The third-order valence-corrected chi connectivity index (χ3v) is 1.91. The lowest BCUT2D eigenvalue weighted by Gasteiger charge is -2.00. The third-order valence-electron chi connectivity index (χ3n) is 1.42. The summed E-state index contributed by atoms with van der Waals surface area (Å²) >= 11 is 3.31. The van der Waals surface area contributed by atoms with Crippen molar-refractivity contribution in [3.63, 3.8) is 0 Å². The molecule has 0 atom stereocenters. The van der Waals surface area contributed by atoms with Crippen molar-refractivity contribution < 1.29 is 4.11 Å². The SMILES string of the molecule is [2H]c1nn(-c2cccc(Br)c2)c([2H])c1[2H]. The Bertz CT molecular complexity index is 510. The largest absolute Gasteiger partial charge is 0.241 e. The van der Waals surface area contributed by atoms with Crippen LogP contribution in [0.3, 0.4) is 0 Å². The minimum absolute atomic E-state index is 0.0712. The molecule has 2 aromatic rings. The van der Waals surface area contributed by atoms with E-state index in [0.29, 0.717) is 5.69 Å². The Morgan fingerprint density at radius 3 is 3.08 bits per heavy atom. The number of aromatic nitrogens is 2. The smallest absolute Gasteiger partial charge is 0.0860 e. The van der Waals surface area contributed by atoms with E-state index in [1.807, 2.05) is 12.1 Å². The number of hydrogen-bond acceptors (Lipinski definition) is 1. The highest BCUT2D eigenvalue weighted by molar-refractivity contribution is 9.10. The van der Waals surface area contributed by atoms with E-state index in [1.54, 1.807) is 12.1 Å². The molecule has 0 fully saturated rings. The molecule has 0 aliphatic rings. The van der Waals surface area contributed by atoms with Gasteiger partial charge in [0.25, 0.3) is 0 Å². The van der Waals surface area contributed by atoms with Gasteiger partial charge in [-0.05, 0) is 24.2 Å². The predicted octanol–water partition coefficient (Wildman–Crippen LogP) is 2.63. The van der Waals surface area contributed by atoms with Crippen molar-refractivity contribution in [2.75, 3.05) is 0 Å². The van der Waals surface area contributed by atoms with Crippen LogP contribution in [0.4, 0.5) is 0 Å². The van der Waals surface area contributed by atoms with Gasteiger partial charge in [0.2, 0.25) is 0 Å². The number of rotatable bonds is 1. The van der Waals surface area contributed by atoms with Crippen molar-refractivity contribution in [1.82, 2.24) is 9.78 Å². The molecule has 0 N–H and O–H groups in total. The second-order valence-corrected chi connectivity index (χ2v) is 3.16. The standard InChI is InChI=1S/C9H7BrN2/c10-8-3-1-4-9(7-8)12-6-2-5-11-12/h1-7H/i2D,5D,6D. The number of nitrogens with zero attached hydrogens (tertiary/aromatic N) is 2. The third kappa shape index (κ3) is 1.41. The van der Waals surface area contributed by atoms with Gasteiger partial charge in [-0.25, -0.2) is 4.68 Å². The molecule has 0 spiro atoms. The van der Waals surface area contributed by atoms with E-state index in [0.717, 1.165) is 4.47 Å². The van der Waals surface area contributed by atoms with Gasteiger partial charge in [0.1, 0.15) is 0 Å². The Hall–Kier alpha value is -1.09. The summed E-state index contributed by atoms with van der Waals surface area (Å²) in [6.07, 6.45) is -0.252. The zero-order valence-electron chi connectivity index (χ0n) is 9.08. The van der Waals surface area contributed by atoms with E-state index < -0.39 is 0 Å². The molecule has 2 nitrogen and oxygen atoms in total. The molecule has 0 aliphatic carbocycles. The maximum Gasteiger partial charge on any atom is 0.0860 e. The lowest BCUT2D eigenvalue weighted by Crippen LogP contribution is -1.92. The maximum atomic E-state index is 7.60. The van der Waals surface area contributed by atoms with Crippen LogP contribution < -0.4 is 0 Å². The van der Waals surface area contributed by atoms with E-state index in [-0.39, 0.29) is 18.4 Å². The highest BCUT2D eigenvalue weighted by Gasteiger charge is 1.94. The molecule has 0 radical (unpaired) electrons. The Kier molecular flexibility index (Phi) is 1.25. The highest BCUT2D eigenvalue weighted by Crippen LogP contribution is 2.13. The van der Waals surface area contributed by atoms with Gasteiger partial charge in [0, 0.05) is 16.8 Å². The Morgan fingerprint density at radius 1 is 1.50 bits per heavy atom. The average molecular weight is 226 g/mol. The monoisotopic (exact) mass is 225 g/mol. The van der Waals surface area contributed by atoms with E-state index in [9.17, 15) is 0 Å². The topological polar surface area (TPSA) is 17.8 Å². The molecular weight excluding hydrogens is 216 g/mol. The van der Waals surface area contributed by atoms with Crippen molar-refractivity contribution in [2.24, 2.45) is 0 Å². The summed E-state index contributed by atoms with van der Waals surface area (Å²) in [6, 6.07) is 7.07. The van der Waals surface area contributed by atoms with Gasteiger partial charge in [-0.2, -0.15) is 5.10 Å². The summed E-state index contributed by atoms with van der Waals surface area (Å²) in [6.45, 7) is 0. The summed E-state index contributed by atoms with van der Waals surface area (Å²) in [5.41, 5.74) is 0.668. The quantitative estimate of drug-likeness (QED) is 0.730. The molecule has 12 heavy (non-hydrogen) atoms. The summed E-state index contributed by atoms with van der Waals surface area (Å²) in [4.78, 5) is 0. The molecule has 2 rings (SSSR count). The summed E-state index contributed by atoms with van der Waals surface area (Å²) in [7, 11) is 0. The molecule has 0 aliphatic heterocycles. The number of halogens is 1. The van der Waals surface area contributed by atoms with Gasteiger partial charge in [-0.15, -0.1) is 0 Å². The van der Waals surface area contributed by atoms with Gasteiger partial charge in [0.15, 0.2) is 0 Å². The lowest BCUT2D eigenvalue weighted by molar-refractivity contribution is 0.880. The Morgan fingerprint density at radius 2 is 2.42 bits per heavy atom. The van der Waals surface area contributed by atoms with Crippen LogP contribution in [0.15, 0.2) is 47.1 Å². The minimum atomic E-state index is -0.181. The van der Waals surface area contributed by atoms with Crippen LogP contribution in [0.1, 0.15) is 4.11 Å². The van der Waals surface area contributed by atoms with Gasteiger partial charge in [0.05, 0.1) is 9.80 Å². The fraction of sp³-hybridized carbons (Fsp3) is 0. The molecule has 0 unspecified atom stereocenters. The van der Waals surface area contributed by atoms with Gasteiger partial charge < -0.3 is 0 Å². The summed E-state index contributed by atoms with van der Waals surface area (Å²) in [5.74, 6) is 0. The van der Waals surface area contributed by atoms with E-state index in [2.05, 4.69) is 21.0 Å². The second-order valence-electron chi connectivity index (χ2n) is 2.24. The van der Waals surface area contributed by atoms with E-state index in [4.69, 9.17) is 4.11 Å². The van der Waals surface area contributed by atoms with Gasteiger partial charge in [-0.3, -0.25) is 0 Å². The van der Waals surface area contributed by atoms with Crippen molar-refractivity contribution in [1.29, 1.82) is 0 Å².